The van der Waals surface area contributed by atoms with Crippen LogP contribution in [0, 0.1) is 0 Å². The molecule has 0 saturated carbocycles. The zero-order valence-corrected chi connectivity index (χ0v) is 15.9. The van der Waals surface area contributed by atoms with Gasteiger partial charge in [0.05, 0.1) is 13.2 Å². The van der Waals surface area contributed by atoms with Gasteiger partial charge in [0.2, 0.25) is 5.91 Å². The molecule has 5 heteroatoms. The van der Waals surface area contributed by atoms with Crippen molar-refractivity contribution in [2.75, 3.05) is 19.4 Å². The Bertz CT molecular complexity index is 703. The maximum atomic E-state index is 12.7. The summed E-state index contributed by atoms with van der Waals surface area (Å²) in [7, 11) is 1.67. The number of halogens is 1. The average molecular weight is 376 g/mol. The van der Waals surface area contributed by atoms with Gasteiger partial charge >= 0.3 is 0 Å². The normalized spacial score (nSPS) is 16.9. The number of hydrogen-bond acceptors (Lipinski definition) is 3. The second kappa shape index (κ2) is 8.63. The lowest BCUT2D eigenvalue weighted by atomic mass is 10.0. The molecule has 132 valence electrons. The Balaban J connectivity index is 1.55. The largest absolute Gasteiger partial charge is 0.497 e. The standard InChI is InChI=1S/C20H22ClNO2S/c1-24-17-8-4-15(5-9-17)19-3-2-13-22(19)20(23)12-14-25-18-10-6-16(21)7-11-18/h4-11,19H,2-3,12-14H2,1H3. The second-order valence-corrected chi connectivity index (χ2v) is 7.68. The predicted octanol–water partition coefficient (Wildman–Crippen LogP) is 5.19. The van der Waals surface area contributed by atoms with Gasteiger partial charge in [-0.3, -0.25) is 4.79 Å². The summed E-state index contributed by atoms with van der Waals surface area (Å²) in [5.74, 6) is 1.87. The van der Waals surface area contributed by atoms with Crippen LogP contribution in [0.2, 0.25) is 5.02 Å². The Labute approximate surface area is 158 Å². The fourth-order valence-corrected chi connectivity index (χ4v) is 4.14. The van der Waals surface area contributed by atoms with E-state index < -0.39 is 0 Å². The number of nitrogens with zero attached hydrogens (tertiary/aromatic N) is 1. The molecule has 0 radical (unpaired) electrons. The first-order valence-corrected chi connectivity index (χ1v) is 9.85. The molecule has 0 bridgehead atoms. The molecule has 2 aromatic rings. The molecule has 2 aromatic carbocycles. The van der Waals surface area contributed by atoms with Crippen LogP contribution in [-0.4, -0.2) is 30.2 Å². The predicted molar refractivity (Wildman–Crippen MR) is 103 cm³/mol. The fourth-order valence-electron chi connectivity index (χ4n) is 3.17. The number of amides is 1. The molecule has 1 aliphatic heterocycles. The molecule has 3 rings (SSSR count). The summed E-state index contributed by atoms with van der Waals surface area (Å²) in [5, 5.41) is 0.736. The van der Waals surface area contributed by atoms with Crippen LogP contribution in [0.1, 0.15) is 30.9 Å². The van der Waals surface area contributed by atoms with Gasteiger partial charge in [-0.1, -0.05) is 23.7 Å². The molecule has 1 amide bonds. The molecule has 0 aliphatic carbocycles. The van der Waals surface area contributed by atoms with Crippen molar-refractivity contribution < 1.29 is 9.53 Å². The van der Waals surface area contributed by atoms with Crippen molar-refractivity contribution in [3.63, 3.8) is 0 Å². The lowest BCUT2D eigenvalue weighted by molar-refractivity contribution is -0.131. The van der Waals surface area contributed by atoms with Crippen molar-refractivity contribution in [2.24, 2.45) is 0 Å². The third-order valence-corrected chi connectivity index (χ3v) is 5.74. The molecule has 1 unspecified atom stereocenters. The van der Waals surface area contributed by atoms with Crippen LogP contribution < -0.4 is 4.74 Å². The van der Waals surface area contributed by atoms with E-state index >= 15 is 0 Å². The summed E-state index contributed by atoms with van der Waals surface area (Å²) in [5.41, 5.74) is 1.19. The van der Waals surface area contributed by atoms with Gasteiger partial charge in [0.1, 0.15) is 5.75 Å². The van der Waals surface area contributed by atoms with Gasteiger partial charge in [-0.2, -0.15) is 0 Å². The van der Waals surface area contributed by atoms with Crippen molar-refractivity contribution in [1.82, 2.24) is 4.90 Å². The zero-order chi connectivity index (χ0) is 17.6. The van der Waals surface area contributed by atoms with Crippen molar-refractivity contribution in [3.8, 4) is 5.75 Å². The number of thioether (sulfide) groups is 1. The van der Waals surface area contributed by atoms with E-state index in [0.29, 0.717) is 6.42 Å². The van der Waals surface area contributed by atoms with Crippen molar-refractivity contribution in [1.29, 1.82) is 0 Å². The number of methoxy groups -OCH3 is 1. The molecule has 1 atom stereocenters. The summed E-state index contributed by atoms with van der Waals surface area (Å²) in [4.78, 5) is 15.8. The Morgan fingerprint density at radius 3 is 2.60 bits per heavy atom. The van der Waals surface area contributed by atoms with E-state index in [1.807, 2.05) is 41.3 Å². The van der Waals surface area contributed by atoms with Gasteiger partial charge in [-0.25, -0.2) is 0 Å². The maximum absolute atomic E-state index is 12.7. The first-order valence-electron chi connectivity index (χ1n) is 8.49. The molecule has 0 spiro atoms. The van der Waals surface area contributed by atoms with Gasteiger partial charge in [0.25, 0.3) is 0 Å². The quantitative estimate of drug-likeness (QED) is 0.650. The Hall–Kier alpha value is -1.65. The minimum Gasteiger partial charge on any atom is -0.497 e. The first kappa shape index (κ1) is 18.2. The topological polar surface area (TPSA) is 29.5 Å². The van der Waals surface area contributed by atoms with Crippen LogP contribution in [0.4, 0.5) is 0 Å². The van der Waals surface area contributed by atoms with Crippen molar-refractivity contribution in [2.45, 2.75) is 30.2 Å². The van der Waals surface area contributed by atoms with E-state index in [2.05, 4.69) is 12.1 Å². The summed E-state index contributed by atoms with van der Waals surface area (Å²) in [6.45, 7) is 0.848. The highest BCUT2D eigenvalue weighted by Crippen LogP contribution is 2.33. The SMILES string of the molecule is COc1ccc(C2CCCN2C(=O)CCSc2ccc(Cl)cc2)cc1. The smallest absolute Gasteiger partial charge is 0.223 e. The highest BCUT2D eigenvalue weighted by atomic mass is 35.5. The third kappa shape index (κ3) is 4.71. The molecule has 25 heavy (non-hydrogen) atoms. The van der Waals surface area contributed by atoms with E-state index in [-0.39, 0.29) is 11.9 Å². The Morgan fingerprint density at radius 1 is 1.20 bits per heavy atom. The highest BCUT2D eigenvalue weighted by Gasteiger charge is 2.29. The van der Waals surface area contributed by atoms with Crippen LogP contribution >= 0.6 is 23.4 Å². The van der Waals surface area contributed by atoms with Crippen molar-refractivity contribution >= 4 is 29.3 Å². The number of ether oxygens (including phenoxy) is 1. The highest BCUT2D eigenvalue weighted by molar-refractivity contribution is 7.99. The Kier molecular flexibility index (Phi) is 6.27. The molecule has 0 N–H and O–H groups in total. The van der Waals surface area contributed by atoms with Gasteiger partial charge in [0.15, 0.2) is 0 Å². The zero-order valence-electron chi connectivity index (χ0n) is 14.3. The molecule has 0 aromatic heterocycles. The van der Waals surface area contributed by atoms with E-state index in [9.17, 15) is 4.79 Å². The maximum Gasteiger partial charge on any atom is 0.223 e. The lowest BCUT2D eigenvalue weighted by Crippen LogP contribution is -2.30. The summed E-state index contributed by atoms with van der Waals surface area (Å²) in [6, 6.07) is 16.0. The van der Waals surface area contributed by atoms with Crippen LogP contribution in [0.15, 0.2) is 53.4 Å². The van der Waals surface area contributed by atoms with E-state index in [1.165, 1.54) is 5.56 Å². The molecular weight excluding hydrogens is 354 g/mol. The summed E-state index contributed by atoms with van der Waals surface area (Å²) in [6.07, 6.45) is 2.65. The summed E-state index contributed by atoms with van der Waals surface area (Å²) >= 11 is 7.59. The molecule has 1 heterocycles. The number of carbonyl (C=O) groups is 1. The Morgan fingerprint density at radius 2 is 1.92 bits per heavy atom. The number of likely N-dealkylation sites (tertiary alicyclic amines) is 1. The molecule has 3 nitrogen and oxygen atoms in total. The lowest BCUT2D eigenvalue weighted by Gasteiger charge is -2.25. The fraction of sp³-hybridized carbons (Fsp3) is 0.350. The van der Waals surface area contributed by atoms with Crippen LogP contribution in [-0.2, 0) is 4.79 Å². The molecule has 1 aliphatic rings. The van der Waals surface area contributed by atoms with Crippen LogP contribution in [0.25, 0.3) is 0 Å². The molecule has 1 fully saturated rings. The number of benzene rings is 2. The second-order valence-electron chi connectivity index (χ2n) is 6.07. The summed E-state index contributed by atoms with van der Waals surface area (Å²) < 4.78 is 5.22. The monoisotopic (exact) mass is 375 g/mol. The van der Waals surface area contributed by atoms with Gasteiger partial charge in [-0.15, -0.1) is 11.8 Å². The van der Waals surface area contributed by atoms with Gasteiger partial charge in [0, 0.05) is 28.6 Å². The minimum absolute atomic E-state index is 0.193. The van der Waals surface area contributed by atoms with E-state index in [4.69, 9.17) is 16.3 Å². The van der Waals surface area contributed by atoms with Crippen LogP contribution in [0.5, 0.6) is 5.75 Å². The third-order valence-electron chi connectivity index (χ3n) is 4.47. The number of carbonyl (C=O) groups excluding carboxylic acids is 1. The number of hydrogen-bond donors (Lipinski definition) is 0. The van der Waals surface area contributed by atoms with E-state index in [1.54, 1.807) is 18.9 Å². The van der Waals surface area contributed by atoms with Crippen molar-refractivity contribution in [3.05, 3.63) is 59.1 Å². The van der Waals surface area contributed by atoms with E-state index in [0.717, 1.165) is 40.8 Å². The average Bonchev–Trinajstić information content (AvgIpc) is 3.13. The number of rotatable bonds is 6. The van der Waals surface area contributed by atoms with Gasteiger partial charge < -0.3 is 9.64 Å². The van der Waals surface area contributed by atoms with Gasteiger partial charge in [-0.05, 0) is 54.8 Å². The van der Waals surface area contributed by atoms with Crippen LogP contribution in [0.3, 0.4) is 0 Å². The minimum atomic E-state index is 0.193. The molecule has 1 saturated heterocycles. The molecular formula is C20H22ClNO2S. The first-order chi connectivity index (χ1) is 12.2.